The molecule has 1 N–H and O–H groups in total. The summed E-state index contributed by atoms with van der Waals surface area (Å²) in [6.45, 7) is 3.81. The number of amides is 2. The van der Waals surface area contributed by atoms with E-state index in [1.165, 1.54) is 4.90 Å². The van der Waals surface area contributed by atoms with Crippen LogP contribution in [0.5, 0.6) is 5.75 Å². The maximum absolute atomic E-state index is 12.1. The van der Waals surface area contributed by atoms with E-state index >= 15 is 0 Å². The van der Waals surface area contributed by atoms with Crippen LogP contribution in [0.4, 0.5) is 5.82 Å². The van der Waals surface area contributed by atoms with Gasteiger partial charge in [-0.25, -0.2) is 0 Å². The second-order valence-corrected chi connectivity index (χ2v) is 5.88. The van der Waals surface area contributed by atoms with Crippen molar-refractivity contribution in [2.45, 2.75) is 6.04 Å². The molecule has 1 aromatic heterocycles. The van der Waals surface area contributed by atoms with Crippen molar-refractivity contribution in [2.24, 2.45) is 0 Å². The van der Waals surface area contributed by atoms with Gasteiger partial charge in [0.2, 0.25) is 0 Å². The SMILES string of the molecule is CN1C(=O)C(NC(=O)[C-]=[W])COc2cccnc21.[CH-]=[W].[CH2-]c1ccccc1.[W+2]. The fourth-order valence-corrected chi connectivity index (χ4v) is 2.31. The van der Waals surface area contributed by atoms with Gasteiger partial charge in [-0.1, -0.05) is 6.07 Å². The van der Waals surface area contributed by atoms with E-state index in [4.69, 9.17) is 4.74 Å². The predicted octanol–water partition coefficient (Wildman–Crippen LogP) is 0.856. The molecule has 0 saturated carbocycles. The van der Waals surface area contributed by atoms with E-state index in [9.17, 15) is 9.59 Å². The van der Waals surface area contributed by atoms with E-state index in [0.29, 0.717) is 11.6 Å². The Kier molecular flexibility index (Phi) is 14.1. The number of hydrogen-bond acceptors (Lipinski definition) is 4. The van der Waals surface area contributed by atoms with Gasteiger partial charge in [0.1, 0.15) is 0 Å². The Morgan fingerprint density at radius 3 is 2.50 bits per heavy atom. The van der Waals surface area contributed by atoms with E-state index in [0.717, 1.165) is 44.3 Å². The number of fused-ring (bicyclic) bond motifs is 1. The standard InChI is InChI=1S/C11H10N3O3.C7H7.CH.3W/c1-7(15)13-8-6-17-9-4-3-5-12-10(9)14(2)11(8)16;1-7-5-3-2-4-6-7;;;;/h3-5,8H,6H2,2H3,(H,13,15);2-6H,1H2;1H;;;/q3*-1;;;+2. The van der Waals surface area contributed by atoms with Crippen molar-refractivity contribution in [1.82, 2.24) is 10.3 Å². The van der Waals surface area contributed by atoms with Crippen LogP contribution in [0.25, 0.3) is 0 Å². The van der Waals surface area contributed by atoms with Gasteiger partial charge >= 0.3 is 160 Å². The first-order chi connectivity index (χ1) is 13.0. The van der Waals surface area contributed by atoms with Crippen LogP contribution in [-0.2, 0) is 69.4 Å². The number of nitrogens with one attached hydrogen (secondary N) is 1. The number of carbonyl (C=O) groups is 2. The van der Waals surface area contributed by atoms with Gasteiger partial charge in [0.15, 0.2) is 0 Å². The molecule has 1 atom stereocenters. The first kappa shape index (κ1) is 26.8. The Morgan fingerprint density at radius 2 is 1.96 bits per heavy atom. The normalized spacial score (nSPS) is 14.1. The van der Waals surface area contributed by atoms with Gasteiger partial charge < -0.3 is 0 Å². The Labute approximate surface area is 201 Å². The molecule has 1 aliphatic rings. The van der Waals surface area contributed by atoms with Crippen molar-refractivity contribution in [3.63, 3.8) is 0 Å². The minimum absolute atomic E-state index is 0. The van der Waals surface area contributed by atoms with Crippen molar-refractivity contribution in [3.05, 3.63) is 61.1 Å². The summed E-state index contributed by atoms with van der Waals surface area (Å²) in [5, 5.41) is 2.55. The molecular formula is C19H18N3O3W3-. The molecule has 2 amide bonds. The third kappa shape index (κ3) is 8.43. The van der Waals surface area contributed by atoms with Crippen LogP contribution in [-0.4, -0.2) is 45.8 Å². The molecule has 9 heteroatoms. The molecule has 6 nitrogen and oxygen atoms in total. The van der Waals surface area contributed by atoms with Crippen molar-refractivity contribution >= 4 is 26.9 Å². The summed E-state index contributed by atoms with van der Waals surface area (Å²) in [7, 11) is 1.60. The van der Waals surface area contributed by atoms with E-state index in [1.807, 2.05) is 30.3 Å². The minimum Gasteiger partial charge on any atom is -0.199 e. The van der Waals surface area contributed by atoms with Crippen LogP contribution in [0.15, 0.2) is 48.7 Å². The smallest absolute Gasteiger partial charge is 0.199 e. The second-order valence-electron chi connectivity index (χ2n) is 5.15. The van der Waals surface area contributed by atoms with Gasteiger partial charge in [0, 0.05) is 0 Å². The third-order valence-electron chi connectivity index (χ3n) is 3.34. The van der Waals surface area contributed by atoms with Gasteiger partial charge in [0.25, 0.3) is 0 Å². The maximum atomic E-state index is 12.1. The van der Waals surface area contributed by atoms with Gasteiger partial charge in [-0.05, 0) is 0 Å². The molecule has 0 radical (unpaired) electrons. The van der Waals surface area contributed by atoms with Crippen molar-refractivity contribution < 1.29 is 74.1 Å². The summed E-state index contributed by atoms with van der Waals surface area (Å²) in [6, 6.07) is 12.6. The number of aromatic nitrogens is 1. The monoisotopic (exact) mass is 888 g/mol. The minimum atomic E-state index is -0.719. The van der Waals surface area contributed by atoms with Gasteiger partial charge in [-0.2, -0.15) is 24.6 Å². The Bertz CT molecular complexity index is 775. The number of nitrogens with zero attached hydrogens (tertiary/aromatic N) is 2. The zero-order valence-corrected chi connectivity index (χ0v) is 23.8. The Morgan fingerprint density at radius 1 is 1.32 bits per heavy atom. The molecule has 2 aromatic rings. The fraction of sp³-hybridized carbons (Fsp3) is 0.158. The topological polar surface area (TPSA) is 71.5 Å². The summed E-state index contributed by atoms with van der Waals surface area (Å²) in [4.78, 5) is 33.5. The summed E-state index contributed by atoms with van der Waals surface area (Å²) in [6.07, 6.45) is 1.59. The summed E-state index contributed by atoms with van der Waals surface area (Å²) in [5.41, 5.74) is 1.07. The van der Waals surface area contributed by atoms with Crippen LogP contribution in [0.2, 0.25) is 0 Å². The van der Waals surface area contributed by atoms with E-state index in [1.54, 1.807) is 25.4 Å². The summed E-state index contributed by atoms with van der Waals surface area (Å²) in [5.74, 6) is 0.333. The number of hydrogen-bond donors (Lipinski definition) is 1. The number of likely N-dealkylation sites (N-methyl/N-ethyl adjacent to an activating group) is 1. The van der Waals surface area contributed by atoms with Crippen molar-refractivity contribution in [1.29, 1.82) is 0 Å². The fourth-order valence-electron chi connectivity index (χ4n) is 2.10. The molecule has 146 valence electrons. The number of anilines is 1. The number of rotatable bonds is 2. The van der Waals surface area contributed by atoms with E-state index in [2.05, 4.69) is 26.5 Å². The largest absolute Gasteiger partial charge is 2.00 e. The van der Waals surface area contributed by atoms with Crippen LogP contribution in [0.1, 0.15) is 5.56 Å². The molecule has 0 spiro atoms. The zero-order chi connectivity index (χ0) is 20.2. The summed E-state index contributed by atoms with van der Waals surface area (Å²) < 4.78 is 7.97. The molecule has 28 heavy (non-hydrogen) atoms. The molecule has 0 aliphatic carbocycles. The third-order valence-corrected chi connectivity index (χ3v) is 4.01. The number of carbonyl (C=O) groups excluding carboxylic acids is 2. The number of ether oxygens (including phenoxy) is 1. The van der Waals surface area contributed by atoms with Crippen LogP contribution >= 0.6 is 0 Å². The molecule has 2 heterocycles. The van der Waals surface area contributed by atoms with Crippen LogP contribution in [0, 0.1) is 6.92 Å². The molecule has 0 fully saturated rings. The molecular weight excluding hydrogens is 870 g/mol. The van der Waals surface area contributed by atoms with Crippen molar-refractivity contribution in [2.75, 3.05) is 18.6 Å². The first-order valence-electron chi connectivity index (χ1n) is 7.67. The second kappa shape index (κ2) is 14.7. The zero-order valence-electron chi connectivity index (χ0n) is 15.0. The predicted molar refractivity (Wildman–Crippen MR) is 97.0 cm³/mol. The summed E-state index contributed by atoms with van der Waals surface area (Å²) >= 11 is 1.99. The average molecular weight is 888 g/mol. The molecule has 0 bridgehead atoms. The first-order valence-corrected chi connectivity index (χ1v) is 10.8. The Balaban J connectivity index is 0.000000613. The van der Waals surface area contributed by atoms with Crippen LogP contribution < -0.4 is 15.0 Å². The molecule has 1 unspecified atom stereocenters. The molecule has 1 aliphatic heterocycles. The quantitative estimate of drug-likeness (QED) is 0.455. The number of benzene rings is 1. The van der Waals surface area contributed by atoms with E-state index < -0.39 is 6.04 Å². The molecule has 0 saturated heterocycles. The van der Waals surface area contributed by atoms with E-state index in [-0.39, 0.29) is 39.5 Å². The number of pyridine rings is 1. The van der Waals surface area contributed by atoms with Crippen molar-refractivity contribution in [3.8, 4) is 5.75 Å². The van der Waals surface area contributed by atoms with Crippen LogP contribution in [0.3, 0.4) is 0 Å². The maximum Gasteiger partial charge on any atom is 2.00 e. The van der Waals surface area contributed by atoms with Gasteiger partial charge in [-0.15, -0.1) is 12.1 Å². The molecule has 1 aromatic carbocycles. The molecule has 3 rings (SSSR count). The Hall–Kier alpha value is -1.22. The average Bonchev–Trinajstić information content (AvgIpc) is 2.83. The van der Waals surface area contributed by atoms with Gasteiger partial charge in [0.05, 0.1) is 0 Å². The van der Waals surface area contributed by atoms with Gasteiger partial charge in [-0.3, -0.25) is 0 Å².